The van der Waals surface area contributed by atoms with Gasteiger partial charge in [0, 0.05) is 14.1 Å². The standard InChI is InChI=1S/C14H16N4.C2H6/c1-9-13-14(17(3)4)16-11-7-5-6-8-12(11)18(13)10(2)15-9;1-2/h5-8H,1-4H3;1-2H3. The first-order valence-electron chi connectivity index (χ1n) is 7.01. The molecule has 4 nitrogen and oxygen atoms in total. The van der Waals surface area contributed by atoms with Crippen LogP contribution in [0.4, 0.5) is 5.82 Å². The third-order valence-corrected chi connectivity index (χ3v) is 3.20. The molecule has 3 rings (SSSR count). The highest BCUT2D eigenvalue weighted by atomic mass is 15.2. The monoisotopic (exact) mass is 270 g/mol. The zero-order valence-electron chi connectivity index (χ0n) is 13.1. The van der Waals surface area contributed by atoms with E-state index in [1.807, 2.05) is 64.9 Å². The van der Waals surface area contributed by atoms with Crippen LogP contribution in [0.25, 0.3) is 16.6 Å². The fraction of sp³-hybridized carbons (Fsp3) is 0.375. The molecule has 1 aromatic carbocycles. The molecule has 106 valence electrons. The summed E-state index contributed by atoms with van der Waals surface area (Å²) in [6.45, 7) is 8.07. The Bertz CT molecular complexity index is 741. The van der Waals surface area contributed by atoms with E-state index in [1.54, 1.807) is 0 Å². The maximum atomic E-state index is 4.74. The second kappa shape index (κ2) is 5.49. The van der Waals surface area contributed by atoms with Gasteiger partial charge in [-0.25, -0.2) is 9.97 Å². The smallest absolute Gasteiger partial charge is 0.155 e. The third-order valence-electron chi connectivity index (χ3n) is 3.20. The molecule has 0 unspecified atom stereocenters. The molecule has 0 N–H and O–H groups in total. The lowest BCUT2D eigenvalue weighted by Gasteiger charge is -2.15. The van der Waals surface area contributed by atoms with Gasteiger partial charge in [-0.2, -0.15) is 0 Å². The molecule has 0 aliphatic rings. The first-order valence-corrected chi connectivity index (χ1v) is 7.01. The summed E-state index contributed by atoms with van der Waals surface area (Å²) < 4.78 is 2.19. The van der Waals surface area contributed by atoms with Gasteiger partial charge in [0.25, 0.3) is 0 Å². The van der Waals surface area contributed by atoms with E-state index in [0.717, 1.165) is 33.9 Å². The van der Waals surface area contributed by atoms with Crippen LogP contribution in [-0.2, 0) is 0 Å². The molecule has 0 radical (unpaired) electrons. The van der Waals surface area contributed by atoms with Gasteiger partial charge in [-0.1, -0.05) is 26.0 Å². The molecule has 0 aliphatic heterocycles. The molecule has 2 heterocycles. The first-order chi connectivity index (χ1) is 9.59. The van der Waals surface area contributed by atoms with Gasteiger partial charge in [0.15, 0.2) is 5.82 Å². The quantitative estimate of drug-likeness (QED) is 0.677. The van der Waals surface area contributed by atoms with E-state index in [1.165, 1.54) is 0 Å². The number of nitrogens with zero attached hydrogens (tertiary/aromatic N) is 4. The van der Waals surface area contributed by atoms with Gasteiger partial charge in [0.1, 0.15) is 11.3 Å². The van der Waals surface area contributed by atoms with E-state index < -0.39 is 0 Å². The first kappa shape index (κ1) is 14.3. The molecule has 3 aromatic rings. The normalized spacial score (nSPS) is 10.5. The molecule has 4 heteroatoms. The molecular weight excluding hydrogens is 248 g/mol. The summed E-state index contributed by atoms with van der Waals surface area (Å²) >= 11 is 0. The fourth-order valence-corrected chi connectivity index (χ4v) is 2.45. The van der Waals surface area contributed by atoms with Crippen LogP contribution in [-0.4, -0.2) is 28.5 Å². The summed E-state index contributed by atoms with van der Waals surface area (Å²) in [5, 5.41) is 0. The van der Waals surface area contributed by atoms with Crippen molar-refractivity contribution in [2.75, 3.05) is 19.0 Å². The van der Waals surface area contributed by atoms with Crippen LogP contribution in [0.1, 0.15) is 25.4 Å². The number of aromatic nitrogens is 3. The molecule has 0 saturated carbocycles. The molecule has 20 heavy (non-hydrogen) atoms. The largest absolute Gasteiger partial charge is 0.361 e. The summed E-state index contributed by atoms with van der Waals surface area (Å²) in [5.74, 6) is 1.97. The molecule has 0 fully saturated rings. The number of benzene rings is 1. The van der Waals surface area contributed by atoms with Crippen LogP contribution in [0.15, 0.2) is 24.3 Å². The Balaban J connectivity index is 0.000000704. The third kappa shape index (κ3) is 2.11. The van der Waals surface area contributed by atoms with Crippen molar-refractivity contribution < 1.29 is 0 Å². The molecule has 0 bridgehead atoms. The van der Waals surface area contributed by atoms with Crippen LogP contribution in [0, 0.1) is 13.8 Å². The predicted molar refractivity (Wildman–Crippen MR) is 85.6 cm³/mol. The van der Waals surface area contributed by atoms with Crippen molar-refractivity contribution in [1.82, 2.24) is 14.4 Å². The lowest BCUT2D eigenvalue weighted by molar-refractivity contribution is 1.04. The van der Waals surface area contributed by atoms with Crippen molar-refractivity contribution in [3.63, 3.8) is 0 Å². The summed E-state index contributed by atoms with van der Waals surface area (Å²) in [6.07, 6.45) is 0. The van der Waals surface area contributed by atoms with Crippen molar-refractivity contribution in [2.24, 2.45) is 0 Å². The van der Waals surface area contributed by atoms with Crippen molar-refractivity contribution in [1.29, 1.82) is 0 Å². The van der Waals surface area contributed by atoms with E-state index in [-0.39, 0.29) is 0 Å². The van der Waals surface area contributed by atoms with Gasteiger partial charge in [-0.15, -0.1) is 0 Å². The topological polar surface area (TPSA) is 33.4 Å². The molecule has 0 amide bonds. The SMILES string of the molecule is CC.Cc1nc(C)n2c1c(N(C)C)nc1ccccc12. The average Bonchev–Trinajstić information content (AvgIpc) is 2.76. The zero-order valence-corrected chi connectivity index (χ0v) is 13.1. The lowest BCUT2D eigenvalue weighted by atomic mass is 10.2. The van der Waals surface area contributed by atoms with Crippen molar-refractivity contribution in [3.05, 3.63) is 35.8 Å². The van der Waals surface area contributed by atoms with E-state index in [9.17, 15) is 0 Å². The van der Waals surface area contributed by atoms with Crippen molar-refractivity contribution >= 4 is 22.4 Å². The second-order valence-corrected chi connectivity index (χ2v) is 4.75. The van der Waals surface area contributed by atoms with Crippen LogP contribution in [0.2, 0.25) is 0 Å². The number of para-hydroxylation sites is 2. The lowest BCUT2D eigenvalue weighted by Crippen LogP contribution is -2.13. The van der Waals surface area contributed by atoms with E-state index >= 15 is 0 Å². The van der Waals surface area contributed by atoms with Gasteiger partial charge < -0.3 is 4.90 Å². The number of anilines is 1. The highest BCUT2D eigenvalue weighted by molar-refractivity contribution is 5.86. The number of hydrogen-bond acceptors (Lipinski definition) is 3. The molecule has 0 aliphatic carbocycles. The van der Waals surface area contributed by atoms with Crippen LogP contribution >= 0.6 is 0 Å². The highest BCUT2D eigenvalue weighted by Gasteiger charge is 2.15. The van der Waals surface area contributed by atoms with Gasteiger partial charge in [0.2, 0.25) is 0 Å². The van der Waals surface area contributed by atoms with Gasteiger partial charge in [0.05, 0.1) is 16.7 Å². The molecule has 0 saturated heterocycles. The minimum Gasteiger partial charge on any atom is -0.361 e. The van der Waals surface area contributed by atoms with Crippen molar-refractivity contribution in [2.45, 2.75) is 27.7 Å². The Morgan fingerprint density at radius 1 is 1.00 bits per heavy atom. The Morgan fingerprint density at radius 2 is 1.65 bits per heavy atom. The van der Waals surface area contributed by atoms with Gasteiger partial charge in [-0.3, -0.25) is 4.40 Å². The minimum absolute atomic E-state index is 0.965. The summed E-state index contributed by atoms with van der Waals surface area (Å²) in [7, 11) is 4.03. The number of aryl methyl sites for hydroxylation is 2. The Hall–Kier alpha value is -2.10. The molecule has 2 aromatic heterocycles. The van der Waals surface area contributed by atoms with Gasteiger partial charge in [-0.05, 0) is 26.0 Å². The van der Waals surface area contributed by atoms with Crippen LogP contribution in [0.5, 0.6) is 0 Å². The van der Waals surface area contributed by atoms with Gasteiger partial charge >= 0.3 is 0 Å². The summed E-state index contributed by atoms with van der Waals surface area (Å²) in [6, 6.07) is 8.17. The van der Waals surface area contributed by atoms with Crippen LogP contribution in [0.3, 0.4) is 0 Å². The highest BCUT2D eigenvalue weighted by Crippen LogP contribution is 2.27. The Morgan fingerprint density at radius 3 is 2.30 bits per heavy atom. The van der Waals surface area contributed by atoms with Crippen LogP contribution < -0.4 is 4.90 Å². The number of rotatable bonds is 1. The second-order valence-electron chi connectivity index (χ2n) is 4.75. The zero-order chi connectivity index (χ0) is 14.9. The molecule has 0 atom stereocenters. The number of imidazole rings is 1. The Labute approximate surface area is 120 Å². The Kier molecular flexibility index (Phi) is 3.93. The van der Waals surface area contributed by atoms with Crippen molar-refractivity contribution in [3.8, 4) is 0 Å². The van der Waals surface area contributed by atoms with E-state index in [4.69, 9.17) is 4.98 Å². The summed E-state index contributed by atoms with van der Waals surface area (Å²) in [4.78, 5) is 11.4. The fourth-order valence-electron chi connectivity index (χ4n) is 2.45. The van der Waals surface area contributed by atoms with E-state index in [2.05, 4.69) is 15.5 Å². The predicted octanol–water partition coefficient (Wildman–Crippen LogP) is 3.59. The number of hydrogen-bond donors (Lipinski definition) is 0. The minimum atomic E-state index is 0.965. The molecule has 0 spiro atoms. The summed E-state index contributed by atoms with van der Waals surface area (Å²) in [5.41, 5.74) is 4.22. The maximum absolute atomic E-state index is 4.74. The molecular formula is C16H22N4. The maximum Gasteiger partial charge on any atom is 0.155 e. The number of fused-ring (bicyclic) bond motifs is 3. The average molecular weight is 270 g/mol. The van der Waals surface area contributed by atoms with E-state index in [0.29, 0.717) is 0 Å².